The monoisotopic (exact) mass is 391 g/mol. The van der Waals surface area contributed by atoms with Crippen LogP contribution in [0.3, 0.4) is 0 Å². The van der Waals surface area contributed by atoms with Gasteiger partial charge in [0, 0.05) is 18.6 Å². The fourth-order valence-electron chi connectivity index (χ4n) is 6.45. The maximum Gasteiger partial charge on any atom is 0.237 e. The Labute approximate surface area is 165 Å². The number of tetrazole rings is 1. The molecule has 1 saturated heterocycles. The lowest BCUT2D eigenvalue weighted by molar-refractivity contribution is -0.130. The van der Waals surface area contributed by atoms with Gasteiger partial charge in [0.25, 0.3) is 0 Å². The molecule has 1 amide bonds. The Morgan fingerprint density at radius 2 is 2.11 bits per heavy atom. The van der Waals surface area contributed by atoms with Crippen LogP contribution < -0.4 is 5.32 Å². The van der Waals surface area contributed by atoms with Crippen LogP contribution in [0.4, 0.5) is 0 Å². The van der Waals surface area contributed by atoms with E-state index in [-0.39, 0.29) is 29.9 Å². The summed E-state index contributed by atoms with van der Waals surface area (Å²) in [6.07, 6.45) is 8.32. The zero-order valence-corrected chi connectivity index (χ0v) is 16.1. The molecule has 0 aromatic carbocycles. The molecule has 2 unspecified atom stereocenters. The van der Waals surface area contributed by atoms with E-state index in [0.717, 1.165) is 38.8 Å². The molecule has 1 aromatic heterocycles. The summed E-state index contributed by atoms with van der Waals surface area (Å²) in [5.41, 5.74) is 0.143. The summed E-state index contributed by atoms with van der Waals surface area (Å²) >= 11 is 0. The Morgan fingerprint density at radius 3 is 2.78 bits per heavy atom. The second-order valence-electron chi connectivity index (χ2n) is 8.68. The lowest BCUT2D eigenvalue weighted by Crippen LogP contribution is -2.52. The van der Waals surface area contributed by atoms with Crippen molar-refractivity contribution in [1.29, 1.82) is 5.26 Å². The number of hydrogen-bond donors (Lipinski definition) is 1. The first kappa shape index (κ1) is 18.6. The molecule has 0 radical (unpaired) electrons. The Bertz CT molecular complexity index is 717. The third-order valence-electron chi connectivity index (χ3n) is 7.52. The van der Waals surface area contributed by atoms with E-state index in [1.165, 1.54) is 12.8 Å². The predicted octanol–water partition coefficient (Wildman–Crippen LogP) is 1.00. The molecule has 0 spiro atoms. The molecule has 4 bridgehead atoms. The summed E-state index contributed by atoms with van der Waals surface area (Å²) < 4.78 is 1.87. The van der Waals surface area contributed by atoms with Crippen LogP contribution in [0.1, 0.15) is 38.5 Å². The first-order chi connectivity index (χ1) is 12.7. The first-order valence-corrected chi connectivity index (χ1v) is 9.83. The van der Waals surface area contributed by atoms with Crippen LogP contribution in [0.15, 0.2) is 6.33 Å². The Kier molecular flexibility index (Phi) is 4.85. The maximum atomic E-state index is 12.6. The number of aromatic nitrogens is 4. The largest absolute Gasteiger partial charge is 0.326 e. The molecule has 1 N–H and O–H groups in total. The maximum absolute atomic E-state index is 12.6. The number of rotatable bonds is 5. The molecule has 2 heterocycles. The van der Waals surface area contributed by atoms with Gasteiger partial charge >= 0.3 is 0 Å². The highest BCUT2D eigenvalue weighted by molar-refractivity contribution is 5.85. The highest BCUT2D eigenvalue weighted by Crippen LogP contribution is 2.63. The van der Waals surface area contributed by atoms with Crippen molar-refractivity contribution in [3.05, 3.63) is 6.33 Å². The van der Waals surface area contributed by atoms with Gasteiger partial charge in [-0.15, -0.1) is 17.5 Å². The third-order valence-corrected chi connectivity index (χ3v) is 7.52. The molecule has 4 aliphatic carbocycles. The molecule has 3 atom stereocenters. The van der Waals surface area contributed by atoms with Crippen molar-refractivity contribution < 1.29 is 4.79 Å². The van der Waals surface area contributed by atoms with Crippen molar-refractivity contribution in [3.8, 4) is 6.07 Å². The number of hydrogen-bond acceptors (Lipinski definition) is 6. The normalized spacial score (nSPS) is 38.8. The number of carbonyl (C=O) groups excluding carboxylic acids is 1. The lowest BCUT2D eigenvalue weighted by atomic mass is 9.71. The van der Waals surface area contributed by atoms with E-state index in [4.69, 9.17) is 0 Å². The molecule has 9 heteroatoms. The SMILES string of the molecule is Cl.N#C[C@@H]1CCCN1C(=O)CNC12CC3CC1CC(C2)C3Cn1cnnn1. The van der Waals surface area contributed by atoms with Crippen molar-refractivity contribution in [2.45, 2.75) is 56.7 Å². The molecule has 146 valence electrons. The minimum Gasteiger partial charge on any atom is -0.326 e. The summed E-state index contributed by atoms with van der Waals surface area (Å²) in [4.78, 5) is 14.4. The van der Waals surface area contributed by atoms with Gasteiger partial charge in [0.05, 0.1) is 12.6 Å². The summed E-state index contributed by atoms with van der Waals surface area (Å²) in [5, 5.41) is 24.4. The van der Waals surface area contributed by atoms with E-state index in [1.54, 1.807) is 11.2 Å². The van der Waals surface area contributed by atoms with Crippen LogP contribution in [0.5, 0.6) is 0 Å². The lowest BCUT2D eigenvalue weighted by Gasteiger charge is -2.39. The van der Waals surface area contributed by atoms with Gasteiger partial charge in [-0.05, 0) is 72.6 Å². The van der Waals surface area contributed by atoms with Crippen molar-refractivity contribution in [1.82, 2.24) is 30.4 Å². The fraction of sp³-hybridized carbons (Fsp3) is 0.833. The smallest absolute Gasteiger partial charge is 0.237 e. The van der Waals surface area contributed by atoms with Gasteiger partial charge in [0.15, 0.2) is 0 Å². The van der Waals surface area contributed by atoms with Crippen molar-refractivity contribution >= 4 is 18.3 Å². The second-order valence-corrected chi connectivity index (χ2v) is 8.68. The number of carbonyl (C=O) groups is 1. The van der Waals surface area contributed by atoms with Gasteiger partial charge in [0.2, 0.25) is 5.91 Å². The molecule has 4 saturated carbocycles. The summed E-state index contributed by atoms with van der Waals surface area (Å²) in [6, 6.07) is 2.04. The summed E-state index contributed by atoms with van der Waals surface area (Å²) in [5.74, 6) is 2.86. The molecular formula is C18H26ClN7O. The van der Waals surface area contributed by atoms with E-state index < -0.39 is 0 Å². The highest BCUT2D eigenvalue weighted by atomic mass is 35.5. The van der Waals surface area contributed by atoms with E-state index in [1.807, 2.05) is 4.68 Å². The zero-order valence-electron chi connectivity index (χ0n) is 15.3. The van der Waals surface area contributed by atoms with Crippen molar-refractivity contribution in [3.63, 3.8) is 0 Å². The van der Waals surface area contributed by atoms with Crippen LogP contribution >= 0.6 is 12.4 Å². The molecule has 5 aliphatic rings. The summed E-state index contributed by atoms with van der Waals surface area (Å²) in [7, 11) is 0. The van der Waals surface area contributed by atoms with Crippen LogP contribution in [0.25, 0.3) is 0 Å². The average Bonchev–Trinajstić information content (AvgIpc) is 3.38. The van der Waals surface area contributed by atoms with Gasteiger partial charge in [-0.3, -0.25) is 4.79 Å². The molecule has 5 fully saturated rings. The van der Waals surface area contributed by atoms with Gasteiger partial charge in [-0.1, -0.05) is 0 Å². The van der Waals surface area contributed by atoms with E-state index in [2.05, 4.69) is 26.9 Å². The minimum absolute atomic E-state index is 0. The zero-order chi connectivity index (χ0) is 17.7. The average molecular weight is 392 g/mol. The van der Waals surface area contributed by atoms with Gasteiger partial charge in [-0.2, -0.15) is 5.26 Å². The molecular weight excluding hydrogens is 366 g/mol. The molecule has 1 aliphatic heterocycles. The summed E-state index contributed by atoms with van der Waals surface area (Å²) in [6.45, 7) is 2.03. The molecule has 6 rings (SSSR count). The van der Waals surface area contributed by atoms with Crippen LogP contribution in [0, 0.1) is 35.0 Å². The minimum atomic E-state index is -0.223. The number of nitrogens with zero attached hydrogens (tertiary/aromatic N) is 6. The van der Waals surface area contributed by atoms with E-state index in [0.29, 0.717) is 30.2 Å². The second kappa shape index (κ2) is 7.02. The van der Waals surface area contributed by atoms with Crippen molar-refractivity contribution in [2.24, 2.45) is 23.7 Å². The Balaban J connectivity index is 0.00000180. The van der Waals surface area contributed by atoms with Gasteiger partial charge < -0.3 is 10.2 Å². The standard InChI is InChI=1S/C18H25N7O.ClH/c19-8-15-2-1-3-25(15)17(26)9-20-18-6-12-4-14(18)5-13(7-18)16(12)10-24-11-21-22-23-24;/h11-16,20H,1-7,9-10H2;1H/t12?,13?,14?,15-,16?,18?;/m0./s1. The Hall–Kier alpha value is -1.72. The fourth-order valence-corrected chi connectivity index (χ4v) is 6.45. The van der Waals surface area contributed by atoms with Crippen LogP contribution in [0.2, 0.25) is 0 Å². The van der Waals surface area contributed by atoms with Gasteiger partial charge in [-0.25, -0.2) is 4.68 Å². The molecule has 1 aromatic rings. The van der Waals surface area contributed by atoms with Gasteiger partial charge in [0.1, 0.15) is 12.4 Å². The van der Waals surface area contributed by atoms with E-state index >= 15 is 0 Å². The number of likely N-dealkylation sites (tertiary alicyclic amines) is 1. The third kappa shape index (κ3) is 3.01. The topological polar surface area (TPSA) is 99.7 Å². The number of amides is 1. The molecule has 27 heavy (non-hydrogen) atoms. The Morgan fingerprint density at radius 1 is 1.33 bits per heavy atom. The number of nitrogens with one attached hydrogen (secondary N) is 1. The number of halogens is 1. The first-order valence-electron chi connectivity index (χ1n) is 9.83. The van der Waals surface area contributed by atoms with Crippen LogP contribution in [-0.2, 0) is 11.3 Å². The highest BCUT2D eigenvalue weighted by Gasteiger charge is 2.61. The number of nitriles is 1. The quantitative estimate of drug-likeness (QED) is 0.803. The predicted molar refractivity (Wildman–Crippen MR) is 98.6 cm³/mol. The van der Waals surface area contributed by atoms with Crippen LogP contribution in [-0.4, -0.2) is 55.7 Å². The van der Waals surface area contributed by atoms with E-state index in [9.17, 15) is 10.1 Å². The molecule has 8 nitrogen and oxygen atoms in total. The van der Waals surface area contributed by atoms with Crippen molar-refractivity contribution in [2.75, 3.05) is 13.1 Å².